The van der Waals surface area contributed by atoms with Crippen molar-refractivity contribution in [3.05, 3.63) is 34.5 Å². The first-order valence-electron chi connectivity index (χ1n) is 8.26. The second-order valence-corrected chi connectivity index (χ2v) is 7.13. The van der Waals surface area contributed by atoms with Crippen LogP contribution in [0.2, 0.25) is 0 Å². The number of fused-ring (bicyclic) bond motifs is 4. The summed E-state index contributed by atoms with van der Waals surface area (Å²) < 4.78 is 10.4. The molecule has 0 saturated carbocycles. The Bertz CT molecular complexity index is 773. The molecule has 0 unspecified atom stereocenters. The summed E-state index contributed by atoms with van der Waals surface area (Å²) in [7, 11) is 1.49. The molecule has 0 aliphatic carbocycles. The molecule has 3 aliphatic rings. The van der Waals surface area contributed by atoms with Gasteiger partial charge in [0.25, 0.3) is 11.9 Å². The van der Waals surface area contributed by atoms with Crippen molar-refractivity contribution in [1.29, 1.82) is 0 Å². The summed E-state index contributed by atoms with van der Waals surface area (Å²) in [6, 6.07) is 3.26. The molecule has 2 aromatic heterocycles. The quantitative estimate of drug-likeness (QED) is 0.833. The van der Waals surface area contributed by atoms with Gasteiger partial charge in [0.2, 0.25) is 5.91 Å². The summed E-state index contributed by atoms with van der Waals surface area (Å²) in [6.07, 6.45) is 1.73. The van der Waals surface area contributed by atoms with E-state index < -0.39 is 0 Å². The third-order valence-corrected chi connectivity index (χ3v) is 5.52. The number of ether oxygens (including phenoxy) is 1. The van der Waals surface area contributed by atoms with E-state index in [1.807, 2.05) is 10.3 Å². The summed E-state index contributed by atoms with van der Waals surface area (Å²) in [6.45, 7) is 1.47. The van der Waals surface area contributed by atoms with Crippen LogP contribution in [0.25, 0.3) is 0 Å². The number of methoxy groups -OCH3 is 1. The van der Waals surface area contributed by atoms with E-state index in [-0.39, 0.29) is 29.5 Å². The fourth-order valence-electron chi connectivity index (χ4n) is 3.61. The Morgan fingerprint density at radius 1 is 1.40 bits per heavy atom. The van der Waals surface area contributed by atoms with E-state index in [4.69, 9.17) is 9.15 Å². The average molecular weight is 361 g/mol. The monoisotopic (exact) mass is 361 g/mol. The number of thiazole rings is 1. The van der Waals surface area contributed by atoms with Crippen LogP contribution in [0.5, 0.6) is 5.95 Å². The first-order valence-corrected chi connectivity index (χ1v) is 9.20. The smallest absolute Gasteiger partial charge is 0.289 e. The van der Waals surface area contributed by atoms with E-state index in [0.717, 1.165) is 18.5 Å². The van der Waals surface area contributed by atoms with Crippen molar-refractivity contribution in [2.75, 3.05) is 20.2 Å². The van der Waals surface area contributed by atoms with Crippen molar-refractivity contribution >= 4 is 23.2 Å². The van der Waals surface area contributed by atoms with Crippen LogP contribution in [0, 0.1) is 5.92 Å². The van der Waals surface area contributed by atoms with Crippen LogP contribution in [-0.4, -0.2) is 52.8 Å². The molecule has 2 atom stereocenters. The van der Waals surface area contributed by atoms with Crippen LogP contribution in [0.1, 0.15) is 29.1 Å². The number of carbonyl (C=O) groups is 2. The molecule has 3 aliphatic heterocycles. The lowest BCUT2D eigenvalue weighted by Crippen LogP contribution is -2.47. The summed E-state index contributed by atoms with van der Waals surface area (Å²) in [4.78, 5) is 33.5. The Kier molecular flexibility index (Phi) is 4.20. The molecule has 8 heteroatoms. The molecule has 3 saturated heterocycles. The van der Waals surface area contributed by atoms with Gasteiger partial charge in [0, 0.05) is 30.6 Å². The van der Waals surface area contributed by atoms with Gasteiger partial charge in [-0.05, 0) is 18.9 Å². The Hall–Kier alpha value is -2.35. The first kappa shape index (κ1) is 16.1. The Balaban J connectivity index is 1.54. The van der Waals surface area contributed by atoms with Crippen LogP contribution in [0.15, 0.2) is 27.4 Å². The fraction of sp³-hybridized carbons (Fsp3) is 0.471. The maximum Gasteiger partial charge on any atom is 0.289 e. The lowest BCUT2D eigenvalue weighted by molar-refractivity contribution is -0.140. The maximum absolute atomic E-state index is 12.8. The minimum atomic E-state index is -0.191. The van der Waals surface area contributed by atoms with Gasteiger partial charge in [-0.3, -0.25) is 9.59 Å². The van der Waals surface area contributed by atoms with Crippen LogP contribution in [0.3, 0.4) is 0 Å². The van der Waals surface area contributed by atoms with Crippen molar-refractivity contribution < 1.29 is 18.7 Å². The van der Waals surface area contributed by atoms with Crippen LogP contribution >= 0.6 is 11.3 Å². The zero-order valence-corrected chi connectivity index (χ0v) is 14.7. The number of nitrogens with zero attached hydrogens (tertiary/aromatic N) is 3. The minimum absolute atomic E-state index is 0.0220. The van der Waals surface area contributed by atoms with Crippen LogP contribution < -0.4 is 4.74 Å². The van der Waals surface area contributed by atoms with E-state index in [0.29, 0.717) is 25.6 Å². The predicted molar refractivity (Wildman–Crippen MR) is 90.3 cm³/mol. The van der Waals surface area contributed by atoms with Crippen molar-refractivity contribution in [2.45, 2.75) is 25.4 Å². The number of carbonyl (C=O) groups excluding carboxylic acids is 2. The molecule has 2 bridgehead atoms. The molecule has 2 aromatic rings. The highest BCUT2D eigenvalue weighted by Gasteiger charge is 2.42. The van der Waals surface area contributed by atoms with E-state index in [9.17, 15) is 9.59 Å². The van der Waals surface area contributed by atoms with Crippen molar-refractivity contribution in [1.82, 2.24) is 14.8 Å². The maximum atomic E-state index is 12.8. The molecule has 25 heavy (non-hydrogen) atoms. The number of aromatic nitrogens is 1. The minimum Gasteiger partial charge on any atom is -0.468 e. The van der Waals surface area contributed by atoms with Gasteiger partial charge in [0.05, 0.1) is 30.8 Å². The highest BCUT2D eigenvalue weighted by Crippen LogP contribution is 2.31. The highest BCUT2D eigenvalue weighted by molar-refractivity contribution is 7.07. The van der Waals surface area contributed by atoms with Gasteiger partial charge >= 0.3 is 0 Å². The molecule has 2 amide bonds. The van der Waals surface area contributed by atoms with Gasteiger partial charge in [0.15, 0.2) is 5.76 Å². The number of amides is 2. The van der Waals surface area contributed by atoms with Crippen molar-refractivity contribution in [3.8, 4) is 5.95 Å². The molecule has 0 spiro atoms. The lowest BCUT2D eigenvalue weighted by atomic mass is 9.94. The summed E-state index contributed by atoms with van der Waals surface area (Å²) in [5, 5.41) is 1.96. The average Bonchev–Trinajstić information content (AvgIpc) is 3.23. The fourth-order valence-corrected chi connectivity index (χ4v) is 4.15. The van der Waals surface area contributed by atoms with Gasteiger partial charge in [-0.1, -0.05) is 0 Å². The van der Waals surface area contributed by atoms with E-state index in [2.05, 4.69) is 4.98 Å². The highest BCUT2D eigenvalue weighted by atomic mass is 32.1. The van der Waals surface area contributed by atoms with E-state index in [1.165, 1.54) is 18.4 Å². The first-order chi connectivity index (χ1) is 12.2. The predicted octanol–water partition coefficient (Wildman–Crippen LogP) is 2.01. The third kappa shape index (κ3) is 3.02. The standard InChI is InChI=1S/C17H19N3O4S/c1-23-15-5-4-14(24-15)17(22)19-6-11-2-3-13(8-19)20(16(11)21)7-12-9-25-10-18-12/h4-5,9-11,13H,2-3,6-8H2,1H3/t11-,13+/m0/s1. The summed E-state index contributed by atoms with van der Waals surface area (Å²) >= 11 is 1.52. The number of furan rings is 1. The topological polar surface area (TPSA) is 75.9 Å². The Morgan fingerprint density at radius 3 is 3.00 bits per heavy atom. The molecule has 7 nitrogen and oxygen atoms in total. The number of hydrogen-bond acceptors (Lipinski definition) is 6. The lowest BCUT2D eigenvalue weighted by Gasteiger charge is -2.35. The third-order valence-electron chi connectivity index (χ3n) is 4.89. The molecular formula is C17H19N3O4S. The van der Waals surface area contributed by atoms with Crippen LogP contribution in [0.4, 0.5) is 0 Å². The van der Waals surface area contributed by atoms with Gasteiger partial charge < -0.3 is 19.0 Å². The van der Waals surface area contributed by atoms with Crippen molar-refractivity contribution in [3.63, 3.8) is 0 Å². The summed E-state index contributed by atoms with van der Waals surface area (Å²) in [5.41, 5.74) is 2.68. The van der Waals surface area contributed by atoms with Crippen LogP contribution in [-0.2, 0) is 11.3 Å². The normalized spacial score (nSPS) is 23.0. The summed E-state index contributed by atoms with van der Waals surface area (Å²) in [5.74, 6) is 0.331. The number of piperidine rings is 1. The molecule has 0 N–H and O–H groups in total. The molecule has 0 aromatic carbocycles. The SMILES string of the molecule is COc1ccc(C(=O)N2C[C@@H]3CC[C@H](C2)N(Cc2cscn2)C3=O)o1. The largest absolute Gasteiger partial charge is 0.468 e. The zero-order valence-electron chi connectivity index (χ0n) is 13.9. The second kappa shape index (κ2) is 6.51. The molecule has 0 radical (unpaired) electrons. The molecule has 3 fully saturated rings. The van der Waals surface area contributed by atoms with Gasteiger partial charge in [-0.25, -0.2) is 4.98 Å². The zero-order chi connectivity index (χ0) is 17.4. The second-order valence-electron chi connectivity index (χ2n) is 6.41. The molecular weight excluding hydrogens is 342 g/mol. The number of hydrogen-bond donors (Lipinski definition) is 0. The molecule has 5 rings (SSSR count). The van der Waals surface area contributed by atoms with Gasteiger partial charge in [-0.15, -0.1) is 11.3 Å². The van der Waals surface area contributed by atoms with Crippen molar-refractivity contribution in [2.24, 2.45) is 5.92 Å². The molecule has 5 heterocycles. The van der Waals surface area contributed by atoms with Gasteiger partial charge in [0.1, 0.15) is 0 Å². The molecule has 132 valence electrons. The Labute approximate surface area is 149 Å². The van der Waals surface area contributed by atoms with E-state index in [1.54, 1.807) is 22.5 Å². The Morgan fingerprint density at radius 2 is 2.28 bits per heavy atom. The number of rotatable bonds is 4. The van der Waals surface area contributed by atoms with Gasteiger partial charge in [-0.2, -0.15) is 0 Å². The van der Waals surface area contributed by atoms with E-state index >= 15 is 0 Å².